The van der Waals surface area contributed by atoms with E-state index >= 15 is 0 Å². The Morgan fingerprint density at radius 1 is 1.33 bits per heavy atom. The first-order chi connectivity index (χ1) is 8.70. The number of ether oxygens (including phenoxy) is 1. The van der Waals surface area contributed by atoms with Crippen molar-refractivity contribution in [3.63, 3.8) is 0 Å². The molecule has 2 aromatic rings. The molecule has 96 valence electrons. The number of hydrogen-bond acceptors (Lipinski definition) is 4. The van der Waals surface area contributed by atoms with Gasteiger partial charge in [0.1, 0.15) is 10.8 Å². The van der Waals surface area contributed by atoms with Gasteiger partial charge in [-0.05, 0) is 37.6 Å². The summed E-state index contributed by atoms with van der Waals surface area (Å²) in [5.74, 6) is 0.907. The van der Waals surface area contributed by atoms with Crippen LogP contribution in [0.3, 0.4) is 0 Å². The van der Waals surface area contributed by atoms with Crippen LogP contribution in [0.5, 0.6) is 5.75 Å². The van der Waals surface area contributed by atoms with Crippen molar-refractivity contribution in [3.05, 3.63) is 35.3 Å². The molecule has 0 spiro atoms. The molecule has 2 N–H and O–H groups in total. The maximum absolute atomic E-state index is 5.81. The first-order valence-electron chi connectivity index (χ1n) is 6.15. The zero-order valence-corrected chi connectivity index (χ0v) is 11.5. The van der Waals surface area contributed by atoms with E-state index in [0.29, 0.717) is 0 Å². The third-order valence-corrected chi connectivity index (χ3v) is 3.47. The van der Waals surface area contributed by atoms with Gasteiger partial charge < -0.3 is 10.5 Å². The summed E-state index contributed by atoms with van der Waals surface area (Å²) in [6.07, 6.45) is 1.02. The minimum absolute atomic E-state index is 0.0119. The van der Waals surface area contributed by atoms with Gasteiger partial charge >= 0.3 is 0 Å². The number of rotatable bonds is 5. The van der Waals surface area contributed by atoms with Crippen molar-refractivity contribution in [2.24, 2.45) is 5.73 Å². The molecule has 1 unspecified atom stereocenters. The third kappa shape index (κ3) is 3.09. The summed E-state index contributed by atoms with van der Waals surface area (Å²) in [5, 5.41) is 3.02. The van der Waals surface area contributed by atoms with Crippen molar-refractivity contribution in [1.82, 2.24) is 4.98 Å². The zero-order chi connectivity index (χ0) is 13.0. The molecule has 1 atom stereocenters. The Bertz CT molecular complexity index is 491. The van der Waals surface area contributed by atoms with Gasteiger partial charge in [0.2, 0.25) is 0 Å². The normalized spacial score (nSPS) is 12.4. The van der Waals surface area contributed by atoms with Crippen LogP contribution in [0, 0.1) is 0 Å². The lowest BCUT2D eigenvalue weighted by molar-refractivity contribution is 0.317. The average molecular weight is 262 g/mol. The van der Waals surface area contributed by atoms with Crippen molar-refractivity contribution in [2.75, 3.05) is 6.61 Å². The van der Waals surface area contributed by atoms with E-state index < -0.39 is 0 Å². The van der Waals surface area contributed by atoms with E-state index in [2.05, 4.69) is 11.9 Å². The van der Waals surface area contributed by atoms with Crippen molar-refractivity contribution in [2.45, 2.75) is 26.3 Å². The molecular formula is C14H18N2OS. The summed E-state index contributed by atoms with van der Waals surface area (Å²) in [6.45, 7) is 4.80. The third-order valence-electron chi connectivity index (χ3n) is 2.56. The second-order valence-electron chi connectivity index (χ2n) is 4.24. The van der Waals surface area contributed by atoms with Gasteiger partial charge in [-0.1, -0.05) is 6.92 Å². The molecule has 3 nitrogen and oxygen atoms in total. The maximum Gasteiger partial charge on any atom is 0.123 e. The lowest BCUT2D eigenvalue weighted by Gasteiger charge is -2.04. The molecule has 0 aliphatic heterocycles. The van der Waals surface area contributed by atoms with Crippen molar-refractivity contribution in [1.29, 1.82) is 0 Å². The molecule has 0 radical (unpaired) electrons. The van der Waals surface area contributed by atoms with Gasteiger partial charge in [-0.3, -0.25) is 0 Å². The van der Waals surface area contributed by atoms with Gasteiger partial charge in [0.05, 0.1) is 12.3 Å². The summed E-state index contributed by atoms with van der Waals surface area (Å²) in [5.41, 5.74) is 7.86. The molecule has 1 aromatic carbocycles. The summed E-state index contributed by atoms with van der Waals surface area (Å²) >= 11 is 1.62. The van der Waals surface area contributed by atoms with E-state index in [1.807, 2.05) is 36.6 Å². The van der Waals surface area contributed by atoms with E-state index in [0.717, 1.165) is 35.0 Å². The van der Waals surface area contributed by atoms with Crippen LogP contribution in [0.1, 0.15) is 32.0 Å². The first kappa shape index (κ1) is 13.1. The van der Waals surface area contributed by atoms with E-state index in [1.54, 1.807) is 11.3 Å². The van der Waals surface area contributed by atoms with E-state index in [4.69, 9.17) is 10.5 Å². The van der Waals surface area contributed by atoms with Gasteiger partial charge in [-0.2, -0.15) is 0 Å². The van der Waals surface area contributed by atoms with E-state index in [1.165, 1.54) is 0 Å². The second-order valence-corrected chi connectivity index (χ2v) is 5.10. The Morgan fingerprint density at radius 3 is 2.61 bits per heavy atom. The van der Waals surface area contributed by atoms with Gasteiger partial charge in [-0.15, -0.1) is 11.3 Å². The highest BCUT2D eigenvalue weighted by atomic mass is 32.1. The molecule has 0 fully saturated rings. The monoisotopic (exact) mass is 262 g/mol. The predicted octanol–water partition coefficient (Wildman–Crippen LogP) is 3.62. The lowest BCUT2D eigenvalue weighted by atomic mass is 10.2. The Morgan fingerprint density at radius 2 is 2.06 bits per heavy atom. The fourth-order valence-electron chi connectivity index (χ4n) is 1.54. The predicted molar refractivity (Wildman–Crippen MR) is 75.9 cm³/mol. The minimum atomic E-state index is -0.0119. The largest absolute Gasteiger partial charge is 0.494 e. The second kappa shape index (κ2) is 5.98. The highest BCUT2D eigenvalue weighted by Gasteiger charge is 2.07. The lowest BCUT2D eigenvalue weighted by Crippen LogP contribution is -2.04. The van der Waals surface area contributed by atoms with Gasteiger partial charge in [-0.25, -0.2) is 4.98 Å². The van der Waals surface area contributed by atoms with Crippen LogP contribution in [0.25, 0.3) is 10.6 Å². The first-order valence-corrected chi connectivity index (χ1v) is 7.03. The highest BCUT2D eigenvalue weighted by Crippen LogP contribution is 2.27. The molecule has 0 saturated carbocycles. The van der Waals surface area contributed by atoms with Crippen LogP contribution >= 0.6 is 11.3 Å². The van der Waals surface area contributed by atoms with Gasteiger partial charge in [0.15, 0.2) is 0 Å². The maximum atomic E-state index is 5.81. The summed E-state index contributed by atoms with van der Waals surface area (Å²) in [6, 6.07) is 8.03. The molecule has 1 heterocycles. The molecule has 0 saturated heterocycles. The number of hydrogen-bond donors (Lipinski definition) is 1. The molecule has 18 heavy (non-hydrogen) atoms. The molecule has 0 amide bonds. The standard InChI is InChI=1S/C14H18N2OS/c1-3-8-17-12-6-4-11(5-7-12)14-16-13(9-18-14)10(2)15/h4-7,9-10H,3,8,15H2,1-2H3. The fraction of sp³-hybridized carbons (Fsp3) is 0.357. The number of nitrogens with two attached hydrogens (primary N) is 1. The van der Waals surface area contributed by atoms with E-state index in [-0.39, 0.29) is 6.04 Å². The smallest absolute Gasteiger partial charge is 0.123 e. The van der Waals surface area contributed by atoms with Crippen LogP contribution in [0.15, 0.2) is 29.6 Å². The highest BCUT2D eigenvalue weighted by molar-refractivity contribution is 7.13. The average Bonchev–Trinajstić information content (AvgIpc) is 2.87. The Kier molecular flexibility index (Phi) is 4.33. The molecule has 0 aliphatic carbocycles. The summed E-state index contributed by atoms with van der Waals surface area (Å²) < 4.78 is 5.55. The van der Waals surface area contributed by atoms with Gasteiger partial charge in [0, 0.05) is 17.0 Å². The summed E-state index contributed by atoms with van der Waals surface area (Å²) in [7, 11) is 0. The van der Waals surface area contributed by atoms with E-state index in [9.17, 15) is 0 Å². The molecule has 1 aromatic heterocycles. The van der Waals surface area contributed by atoms with Crippen LogP contribution in [-0.2, 0) is 0 Å². The zero-order valence-electron chi connectivity index (χ0n) is 10.7. The van der Waals surface area contributed by atoms with Crippen LogP contribution in [0.4, 0.5) is 0 Å². The quantitative estimate of drug-likeness (QED) is 0.895. The Balaban J connectivity index is 2.12. The van der Waals surface area contributed by atoms with Crippen LogP contribution in [0.2, 0.25) is 0 Å². The van der Waals surface area contributed by atoms with Gasteiger partial charge in [0.25, 0.3) is 0 Å². The molecule has 2 rings (SSSR count). The molecule has 4 heteroatoms. The minimum Gasteiger partial charge on any atom is -0.494 e. The van der Waals surface area contributed by atoms with Crippen molar-refractivity contribution in [3.8, 4) is 16.3 Å². The topological polar surface area (TPSA) is 48.1 Å². The molecular weight excluding hydrogens is 244 g/mol. The Labute approximate surface area is 112 Å². The van der Waals surface area contributed by atoms with Crippen molar-refractivity contribution >= 4 is 11.3 Å². The van der Waals surface area contributed by atoms with Crippen molar-refractivity contribution < 1.29 is 4.74 Å². The fourth-order valence-corrected chi connectivity index (χ4v) is 2.47. The Hall–Kier alpha value is -1.39. The molecule has 0 aliphatic rings. The number of aromatic nitrogens is 1. The number of nitrogens with zero attached hydrogens (tertiary/aromatic N) is 1. The summed E-state index contributed by atoms with van der Waals surface area (Å²) in [4.78, 5) is 4.52. The van der Waals surface area contributed by atoms with Crippen LogP contribution in [-0.4, -0.2) is 11.6 Å². The SMILES string of the molecule is CCCOc1ccc(-c2nc(C(C)N)cs2)cc1. The van der Waals surface area contributed by atoms with Crippen LogP contribution < -0.4 is 10.5 Å². The molecule has 0 bridgehead atoms. The number of thiazole rings is 1. The number of benzene rings is 1.